The average molecular weight is 1290 g/mol. The van der Waals surface area contributed by atoms with Crippen molar-refractivity contribution >= 4 is 23.9 Å². The number of carbonyl (C=O) groups is 4. The topological polar surface area (TPSA) is 105 Å². The predicted molar refractivity (Wildman–Crippen MR) is 383 cm³/mol. The van der Waals surface area contributed by atoms with Crippen molar-refractivity contribution < 1.29 is 38.1 Å². The number of ether oxygens (including phenoxy) is 4. The fraction of sp³-hybridized carbons (Fsp3) is 0.952. The Bertz CT molecular complexity index is 1880. The molecular formula is C84H150O8. The largest absolute Gasteiger partial charge is 0.469 e. The summed E-state index contributed by atoms with van der Waals surface area (Å²) in [6.45, 7) is 20.0. The third-order valence-electron chi connectivity index (χ3n) is 27.8. The minimum atomic E-state index is -0.0618. The Balaban J connectivity index is 1.00. The van der Waals surface area contributed by atoms with Crippen molar-refractivity contribution in [1.29, 1.82) is 0 Å². The molecular weight excluding hydrogens is 1140 g/mol. The number of methoxy groups -OCH3 is 4. The molecule has 0 saturated heterocycles. The summed E-state index contributed by atoms with van der Waals surface area (Å²) in [6, 6.07) is 0. The molecule has 92 heavy (non-hydrogen) atoms. The highest BCUT2D eigenvalue weighted by Crippen LogP contribution is 2.50. The van der Waals surface area contributed by atoms with E-state index in [0.29, 0.717) is 49.4 Å². The van der Waals surface area contributed by atoms with Gasteiger partial charge in [-0.15, -0.1) is 0 Å². The van der Waals surface area contributed by atoms with Gasteiger partial charge >= 0.3 is 23.9 Å². The Kier molecular flexibility index (Phi) is 37.1. The third kappa shape index (κ3) is 29.1. The Hall–Kier alpha value is -2.12. The van der Waals surface area contributed by atoms with Gasteiger partial charge in [0, 0.05) is 25.7 Å². The van der Waals surface area contributed by atoms with E-state index in [1.807, 2.05) is 0 Å². The van der Waals surface area contributed by atoms with Crippen LogP contribution in [-0.4, -0.2) is 52.3 Å². The summed E-state index contributed by atoms with van der Waals surface area (Å²) in [6.07, 6.45) is 59.9. The van der Waals surface area contributed by atoms with Crippen LogP contribution in [0.25, 0.3) is 0 Å². The zero-order chi connectivity index (χ0) is 66.4. The molecule has 0 heterocycles. The van der Waals surface area contributed by atoms with E-state index in [4.69, 9.17) is 18.9 Å². The molecule has 8 heteroatoms. The van der Waals surface area contributed by atoms with Crippen LogP contribution in [0.5, 0.6) is 0 Å². The van der Waals surface area contributed by atoms with Crippen molar-refractivity contribution in [3.63, 3.8) is 0 Å². The summed E-state index contributed by atoms with van der Waals surface area (Å²) in [5.74, 6) is 17.2. The number of carbonyl (C=O) groups excluding carboxylic acids is 4. The summed E-state index contributed by atoms with van der Waals surface area (Å²) in [5.41, 5.74) is 0. The van der Waals surface area contributed by atoms with E-state index < -0.39 is 0 Å². The van der Waals surface area contributed by atoms with Crippen molar-refractivity contribution in [3.05, 3.63) is 0 Å². The molecule has 534 valence electrons. The molecule has 8 nitrogen and oxygen atoms in total. The maximum atomic E-state index is 12.0. The van der Waals surface area contributed by atoms with Crippen molar-refractivity contribution in [2.75, 3.05) is 28.4 Å². The second kappa shape index (κ2) is 43.3. The Morgan fingerprint density at radius 3 is 0.946 bits per heavy atom. The summed E-state index contributed by atoms with van der Waals surface area (Å²) < 4.78 is 20.0. The lowest BCUT2D eigenvalue weighted by Crippen LogP contribution is -2.14. The van der Waals surface area contributed by atoms with E-state index in [0.717, 1.165) is 119 Å². The zero-order valence-electron chi connectivity index (χ0n) is 62.5. The second-order valence-electron chi connectivity index (χ2n) is 34.9. The normalized spacial score (nSPS) is 29.9. The third-order valence-corrected chi connectivity index (χ3v) is 27.8. The number of hydrogen-bond donors (Lipinski definition) is 0. The molecule has 6 aliphatic rings. The minimum Gasteiger partial charge on any atom is -0.469 e. The van der Waals surface area contributed by atoms with Crippen molar-refractivity contribution in [2.45, 2.75) is 351 Å². The maximum Gasteiger partial charge on any atom is 0.305 e. The lowest BCUT2D eigenvalue weighted by molar-refractivity contribution is -0.142. The van der Waals surface area contributed by atoms with Gasteiger partial charge in [0.05, 0.1) is 28.4 Å². The van der Waals surface area contributed by atoms with Crippen LogP contribution in [0.1, 0.15) is 351 Å². The predicted octanol–water partition coefficient (Wildman–Crippen LogP) is 23.4. The Labute approximate surface area is 568 Å². The van der Waals surface area contributed by atoms with E-state index in [9.17, 15) is 19.2 Å². The van der Waals surface area contributed by atoms with Gasteiger partial charge < -0.3 is 18.9 Å². The fourth-order valence-electron chi connectivity index (χ4n) is 21.0. The highest BCUT2D eigenvalue weighted by molar-refractivity contribution is 5.70. The fourth-order valence-corrected chi connectivity index (χ4v) is 21.0. The molecule has 2 unspecified atom stereocenters. The van der Waals surface area contributed by atoms with Crippen molar-refractivity contribution in [3.8, 4) is 0 Å². The molecule has 6 saturated carbocycles. The van der Waals surface area contributed by atoms with Crippen LogP contribution in [0.3, 0.4) is 0 Å². The minimum absolute atomic E-state index is 0.0162. The molecule has 22 atom stereocenters. The molecule has 6 aliphatic carbocycles. The van der Waals surface area contributed by atoms with E-state index in [1.54, 1.807) is 14.2 Å². The monoisotopic (exact) mass is 1290 g/mol. The highest BCUT2D eigenvalue weighted by atomic mass is 16.5. The number of esters is 4. The molecule has 6 rings (SSSR count). The molecule has 0 bridgehead atoms. The molecule has 0 N–H and O–H groups in total. The maximum absolute atomic E-state index is 12.0. The number of hydrogen-bond acceptors (Lipinski definition) is 8. The molecule has 0 aromatic rings. The van der Waals surface area contributed by atoms with Crippen molar-refractivity contribution in [1.82, 2.24) is 0 Å². The first-order chi connectivity index (χ1) is 44.3. The first kappa shape index (κ1) is 78.9. The average Bonchev–Trinajstić information content (AvgIpc) is 1.80. The zero-order valence-corrected chi connectivity index (χ0v) is 62.5. The van der Waals surface area contributed by atoms with Gasteiger partial charge in [-0.1, -0.05) is 222 Å². The Morgan fingerprint density at radius 1 is 0.283 bits per heavy atom. The lowest BCUT2D eigenvalue weighted by atomic mass is 9.80. The molecule has 0 amide bonds. The van der Waals surface area contributed by atoms with E-state index in [-0.39, 0.29) is 23.9 Å². The first-order valence-electron chi connectivity index (χ1n) is 40.6. The highest BCUT2D eigenvalue weighted by Gasteiger charge is 2.40. The van der Waals surface area contributed by atoms with Gasteiger partial charge in [0.2, 0.25) is 0 Å². The quantitative estimate of drug-likeness (QED) is 0.0438. The van der Waals surface area contributed by atoms with Crippen LogP contribution in [-0.2, 0) is 38.1 Å². The van der Waals surface area contributed by atoms with Gasteiger partial charge in [-0.05, 0) is 233 Å². The van der Waals surface area contributed by atoms with Crippen LogP contribution < -0.4 is 0 Å². The van der Waals surface area contributed by atoms with Crippen molar-refractivity contribution in [2.24, 2.45) is 130 Å². The lowest BCUT2D eigenvalue weighted by Gasteiger charge is -2.26. The first-order valence-corrected chi connectivity index (χ1v) is 40.6. The van der Waals surface area contributed by atoms with Crippen LogP contribution in [0, 0.1) is 130 Å². The molecule has 0 aliphatic heterocycles. The van der Waals surface area contributed by atoms with Gasteiger partial charge in [-0.25, -0.2) is 0 Å². The van der Waals surface area contributed by atoms with Gasteiger partial charge in [0.15, 0.2) is 0 Å². The van der Waals surface area contributed by atoms with Crippen LogP contribution in [0.2, 0.25) is 0 Å². The van der Waals surface area contributed by atoms with E-state index >= 15 is 0 Å². The van der Waals surface area contributed by atoms with E-state index in [2.05, 4.69) is 55.4 Å². The van der Waals surface area contributed by atoms with Crippen LogP contribution in [0.15, 0.2) is 0 Å². The summed E-state index contributed by atoms with van der Waals surface area (Å²) in [7, 11) is 6.11. The van der Waals surface area contributed by atoms with E-state index in [1.165, 1.54) is 271 Å². The van der Waals surface area contributed by atoms with Gasteiger partial charge in [0.25, 0.3) is 0 Å². The van der Waals surface area contributed by atoms with Crippen LogP contribution >= 0.6 is 0 Å². The molecule has 6 fully saturated rings. The summed E-state index contributed by atoms with van der Waals surface area (Å²) in [4.78, 5) is 47.8. The molecule has 0 aromatic carbocycles. The summed E-state index contributed by atoms with van der Waals surface area (Å²) >= 11 is 0. The Morgan fingerprint density at radius 2 is 0.576 bits per heavy atom. The standard InChI is InChI=1S/C84H150O8/c1-59(19-13-23-65(7)75-45-47-79(57-75)77-43-39-71(53-77)55-83(87)91-11)31-33-67(27-17-25-63(5)73-41-37-69(51-73)29-15-21-61(3)49-81(85)89-9)35-36-68(28-18-26-64(6)74-42-38-70(52-74)30-16-22-62(4)50-82(86)90-10)34-32-60(2)20-14-24-66(8)76-46-48-80(58-76)78-44-40-72(54-78)56-84(88)92-12/h59-80H,13-58H2,1-12H3/t59-,60-,61+,62+,63+,64+,65+,66+,67-,68-,69-,70-,71-,72-,73-,74-,75-,76-,77?,78?,79-,80-/m0/s1. The molecule has 0 radical (unpaired) electrons. The SMILES string of the molecule is COC(=O)C[C@H](C)CCC[C@H]1CC[C@H]([C@H](C)CCC[C@@H](CC[C@@H](C)CCC[C@@H](C)[C@H]2CC[C@H](C3CC[C@H](CC(=O)OC)C3)C2)CC[C@@H](CCC[C@@H](C)[C@H]2CC[C@H](CCC[C@@H](C)CC(=O)OC)C2)CC[C@@H](C)CCC[C@@H](C)[C@H]2CC[C@H](C3CC[C@H](CC(=O)OC)C3)C2)C1. The van der Waals surface area contributed by atoms with Crippen LogP contribution in [0.4, 0.5) is 0 Å². The number of rotatable bonds is 47. The van der Waals surface area contributed by atoms with Gasteiger partial charge in [-0.3, -0.25) is 19.2 Å². The molecule has 0 aromatic heterocycles. The smallest absolute Gasteiger partial charge is 0.305 e. The molecule has 0 spiro atoms. The van der Waals surface area contributed by atoms with Gasteiger partial charge in [0.1, 0.15) is 0 Å². The van der Waals surface area contributed by atoms with Gasteiger partial charge in [-0.2, -0.15) is 0 Å². The second-order valence-corrected chi connectivity index (χ2v) is 34.9. The summed E-state index contributed by atoms with van der Waals surface area (Å²) in [5, 5.41) is 0.